The average molecular weight is 359 g/mol. The summed E-state index contributed by atoms with van der Waals surface area (Å²) in [4.78, 5) is 2.50. The van der Waals surface area contributed by atoms with Crippen LogP contribution >= 0.6 is 11.3 Å². The Bertz CT molecular complexity index is 603. The van der Waals surface area contributed by atoms with Gasteiger partial charge in [-0.3, -0.25) is 4.90 Å². The highest BCUT2D eigenvalue weighted by molar-refractivity contribution is 7.89. The first kappa shape index (κ1) is 17.4. The Hall–Kier alpha value is -0.470. The number of ether oxygens (including phenoxy) is 1. The van der Waals surface area contributed by atoms with Crippen LogP contribution in [0.25, 0.3) is 0 Å². The minimum atomic E-state index is -3.11. The molecule has 2 aliphatic rings. The molecule has 130 valence electrons. The number of rotatable bonds is 7. The van der Waals surface area contributed by atoms with E-state index in [9.17, 15) is 8.42 Å². The molecule has 2 aliphatic heterocycles. The van der Waals surface area contributed by atoms with Crippen LogP contribution in [0.2, 0.25) is 0 Å². The molecule has 23 heavy (non-hydrogen) atoms. The van der Waals surface area contributed by atoms with Crippen molar-refractivity contribution in [1.29, 1.82) is 0 Å². The van der Waals surface area contributed by atoms with Crippen LogP contribution in [0.15, 0.2) is 16.8 Å². The molecule has 0 aliphatic carbocycles. The van der Waals surface area contributed by atoms with E-state index in [0.29, 0.717) is 6.54 Å². The lowest BCUT2D eigenvalue weighted by molar-refractivity contribution is -0.0236. The maximum Gasteiger partial charge on any atom is 0.211 e. The zero-order chi connectivity index (χ0) is 16.3. The van der Waals surface area contributed by atoms with Crippen molar-refractivity contribution in [2.45, 2.75) is 38.8 Å². The Balaban J connectivity index is 1.62. The summed E-state index contributed by atoms with van der Waals surface area (Å²) in [6.07, 6.45) is 3.22. The van der Waals surface area contributed by atoms with E-state index in [0.717, 1.165) is 45.5 Å². The highest BCUT2D eigenvalue weighted by atomic mass is 32.2. The van der Waals surface area contributed by atoms with Crippen molar-refractivity contribution in [3.8, 4) is 0 Å². The van der Waals surface area contributed by atoms with Gasteiger partial charge < -0.3 is 4.74 Å². The van der Waals surface area contributed by atoms with Gasteiger partial charge in [0.2, 0.25) is 10.0 Å². The van der Waals surface area contributed by atoms with Crippen molar-refractivity contribution in [3.63, 3.8) is 0 Å². The number of thiophene rings is 1. The van der Waals surface area contributed by atoms with Crippen molar-refractivity contribution in [3.05, 3.63) is 22.4 Å². The predicted octanol–water partition coefficient (Wildman–Crippen LogP) is 2.06. The highest BCUT2D eigenvalue weighted by Gasteiger charge is 2.47. The molecule has 1 N–H and O–H groups in total. The lowest BCUT2D eigenvalue weighted by Gasteiger charge is -2.44. The SMILES string of the molecule is CCS(=O)(=O)NCC[C@]12CCO[C@H]1CCN(Cc1ccsc1)C2. The Labute approximate surface area is 143 Å². The third kappa shape index (κ3) is 4.14. The molecule has 0 radical (unpaired) electrons. The quantitative estimate of drug-likeness (QED) is 0.810. The van der Waals surface area contributed by atoms with Gasteiger partial charge >= 0.3 is 0 Å². The van der Waals surface area contributed by atoms with E-state index in [-0.39, 0.29) is 17.3 Å². The maximum absolute atomic E-state index is 11.7. The Morgan fingerprint density at radius 2 is 2.39 bits per heavy atom. The minimum Gasteiger partial charge on any atom is -0.378 e. The fourth-order valence-electron chi connectivity index (χ4n) is 3.84. The van der Waals surface area contributed by atoms with E-state index in [2.05, 4.69) is 26.4 Å². The molecule has 5 nitrogen and oxygen atoms in total. The van der Waals surface area contributed by atoms with Gasteiger partial charge in [-0.1, -0.05) is 0 Å². The second-order valence-corrected chi connectivity index (χ2v) is 9.53. The first-order valence-corrected chi connectivity index (χ1v) is 10.9. The van der Waals surface area contributed by atoms with Crippen LogP contribution in [0.5, 0.6) is 0 Å². The highest BCUT2D eigenvalue weighted by Crippen LogP contribution is 2.43. The standard InChI is InChI=1S/C16H26N2O3S2/c1-2-23(19,20)17-7-5-16-6-9-21-15(16)3-8-18(13-16)11-14-4-10-22-12-14/h4,10,12,15,17H,2-3,5-9,11,13H2,1H3/t15-,16+/m0/s1. The molecule has 1 aromatic rings. The predicted molar refractivity (Wildman–Crippen MR) is 93.1 cm³/mol. The molecule has 1 aromatic heterocycles. The van der Waals surface area contributed by atoms with Gasteiger partial charge in [0.05, 0.1) is 11.9 Å². The molecule has 2 atom stereocenters. The summed E-state index contributed by atoms with van der Waals surface area (Å²) < 4.78 is 32.0. The average Bonchev–Trinajstić information content (AvgIpc) is 3.16. The monoisotopic (exact) mass is 358 g/mol. The van der Waals surface area contributed by atoms with Crippen LogP contribution in [-0.2, 0) is 21.3 Å². The van der Waals surface area contributed by atoms with Gasteiger partial charge in [0, 0.05) is 38.2 Å². The van der Waals surface area contributed by atoms with Crippen molar-refractivity contribution >= 4 is 21.4 Å². The summed E-state index contributed by atoms with van der Waals surface area (Å²) in [7, 11) is -3.11. The molecule has 2 fully saturated rings. The fraction of sp³-hybridized carbons (Fsp3) is 0.750. The van der Waals surface area contributed by atoms with E-state index in [4.69, 9.17) is 4.74 Å². The zero-order valence-electron chi connectivity index (χ0n) is 13.7. The molecule has 0 bridgehead atoms. The third-order valence-corrected chi connectivity index (χ3v) is 7.30. The van der Waals surface area contributed by atoms with Crippen LogP contribution in [0.3, 0.4) is 0 Å². The molecule has 0 amide bonds. The van der Waals surface area contributed by atoms with E-state index < -0.39 is 10.0 Å². The van der Waals surface area contributed by atoms with Gasteiger partial charge in [-0.2, -0.15) is 11.3 Å². The minimum absolute atomic E-state index is 0.102. The van der Waals surface area contributed by atoms with E-state index >= 15 is 0 Å². The van der Waals surface area contributed by atoms with Crippen molar-refractivity contribution in [1.82, 2.24) is 9.62 Å². The second-order valence-electron chi connectivity index (χ2n) is 6.65. The molecule has 3 rings (SSSR count). The molecule has 0 spiro atoms. The lowest BCUT2D eigenvalue weighted by atomic mass is 9.74. The summed E-state index contributed by atoms with van der Waals surface area (Å²) in [5.74, 6) is 0.143. The topological polar surface area (TPSA) is 58.6 Å². The first-order valence-electron chi connectivity index (χ1n) is 8.35. The largest absolute Gasteiger partial charge is 0.378 e. The van der Waals surface area contributed by atoms with Crippen molar-refractivity contribution in [2.24, 2.45) is 5.41 Å². The van der Waals surface area contributed by atoms with Crippen LogP contribution in [0, 0.1) is 5.41 Å². The molecule has 0 saturated carbocycles. The molecule has 3 heterocycles. The van der Waals surface area contributed by atoms with E-state index in [1.54, 1.807) is 18.3 Å². The summed E-state index contributed by atoms with van der Waals surface area (Å²) >= 11 is 1.74. The number of piperidine rings is 1. The normalized spacial score (nSPS) is 28.8. The maximum atomic E-state index is 11.7. The molecular weight excluding hydrogens is 332 g/mol. The molecule has 0 aromatic carbocycles. The van der Waals surface area contributed by atoms with Gasteiger partial charge in [-0.05, 0) is 48.6 Å². The summed E-state index contributed by atoms with van der Waals surface area (Å²) in [6.45, 7) is 6.04. The lowest BCUT2D eigenvalue weighted by Crippen LogP contribution is -2.50. The Morgan fingerprint density at radius 1 is 1.52 bits per heavy atom. The second kappa shape index (κ2) is 7.19. The zero-order valence-corrected chi connectivity index (χ0v) is 15.3. The van der Waals surface area contributed by atoms with E-state index in [1.165, 1.54) is 5.56 Å². The van der Waals surface area contributed by atoms with Crippen LogP contribution < -0.4 is 4.72 Å². The number of hydrogen-bond acceptors (Lipinski definition) is 5. The van der Waals surface area contributed by atoms with Gasteiger partial charge in [0.15, 0.2) is 0 Å². The number of nitrogens with one attached hydrogen (secondary N) is 1. The number of likely N-dealkylation sites (tertiary alicyclic amines) is 1. The van der Waals surface area contributed by atoms with Gasteiger partial charge in [0.25, 0.3) is 0 Å². The Morgan fingerprint density at radius 3 is 3.13 bits per heavy atom. The van der Waals surface area contributed by atoms with Crippen molar-refractivity contribution in [2.75, 3.05) is 32.0 Å². The number of hydrogen-bond donors (Lipinski definition) is 1. The van der Waals surface area contributed by atoms with Gasteiger partial charge in [-0.25, -0.2) is 13.1 Å². The van der Waals surface area contributed by atoms with Gasteiger partial charge in [-0.15, -0.1) is 0 Å². The van der Waals surface area contributed by atoms with E-state index in [1.807, 2.05) is 0 Å². The summed E-state index contributed by atoms with van der Waals surface area (Å²) in [5.41, 5.74) is 1.47. The fourth-order valence-corrected chi connectivity index (χ4v) is 5.11. The van der Waals surface area contributed by atoms with Crippen LogP contribution in [0.4, 0.5) is 0 Å². The molecule has 2 saturated heterocycles. The third-order valence-electron chi connectivity index (χ3n) is 5.16. The number of nitrogens with zero attached hydrogens (tertiary/aromatic N) is 1. The van der Waals surface area contributed by atoms with Crippen molar-refractivity contribution < 1.29 is 13.2 Å². The number of sulfonamides is 1. The first-order chi connectivity index (χ1) is 11.0. The van der Waals surface area contributed by atoms with Crippen LogP contribution in [-0.4, -0.2) is 51.4 Å². The van der Waals surface area contributed by atoms with Gasteiger partial charge in [0.1, 0.15) is 0 Å². The molecule has 0 unspecified atom stereocenters. The Kier molecular flexibility index (Phi) is 5.42. The molecular formula is C16H26N2O3S2. The van der Waals surface area contributed by atoms with Crippen LogP contribution in [0.1, 0.15) is 31.7 Å². The number of fused-ring (bicyclic) bond motifs is 1. The molecule has 7 heteroatoms. The smallest absolute Gasteiger partial charge is 0.211 e. The summed E-state index contributed by atoms with van der Waals surface area (Å²) in [5, 5.41) is 4.33. The summed E-state index contributed by atoms with van der Waals surface area (Å²) in [6, 6.07) is 2.18.